The van der Waals surface area contributed by atoms with Crippen LogP contribution in [0.2, 0.25) is 0 Å². The van der Waals surface area contributed by atoms with Crippen LogP contribution in [0, 0.1) is 20.8 Å². The summed E-state index contributed by atoms with van der Waals surface area (Å²) in [4.78, 5) is 0. The first kappa shape index (κ1) is 11.9. The van der Waals surface area contributed by atoms with Crippen LogP contribution >= 0.6 is 12.2 Å². The quantitative estimate of drug-likeness (QED) is 0.755. The predicted octanol–water partition coefficient (Wildman–Crippen LogP) is 3.42. The largest absolute Gasteiger partial charge is 0.376 e. The first-order chi connectivity index (χ1) is 8.02. The molecule has 2 aromatic rings. The van der Waals surface area contributed by atoms with Crippen LogP contribution in [-0.2, 0) is 0 Å². The zero-order valence-electron chi connectivity index (χ0n) is 10.3. The fourth-order valence-corrected chi connectivity index (χ4v) is 2.29. The Balaban J connectivity index is 2.85. The van der Waals surface area contributed by atoms with Crippen LogP contribution in [0.15, 0.2) is 24.3 Å². The van der Waals surface area contributed by atoms with Gasteiger partial charge in [0.15, 0.2) is 5.11 Å². The number of rotatable bonds is 1. The average molecular weight is 244 g/mol. The van der Waals surface area contributed by atoms with E-state index in [1.807, 2.05) is 6.07 Å². The monoisotopic (exact) mass is 244 g/mol. The van der Waals surface area contributed by atoms with Gasteiger partial charge in [-0.3, -0.25) is 0 Å². The molecule has 0 radical (unpaired) electrons. The first-order valence-electron chi connectivity index (χ1n) is 5.57. The third-order valence-corrected chi connectivity index (χ3v) is 3.45. The van der Waals surface area contributed by atoms with Gasteiger partial charge in [-0.15, -0.1) is 0 Å². The number of fused-ring (bicyclic) bond motifs is 1. The number of aryl methyl sites for hydroxylation is 1. The number of benzene rings is 2. The van der Waals surface area contributed by atoms with E-state index in [0.29, 0.717) is 5.11 Å². The Morgan fingerprint density at radius 3 is 2.18 bits per heavy atom. The molecule has 2 aromatic carbocycles. The van der Waals surface area contributed by atoms with E-state index in [9.17, 15) is 0 Å². The lowest BCUT2D eigenvalue weighted by Crippen LogP contribution is -2.20. The lowest BCUT2D eigenvalue weighted by atomic mass is 9.94. The maximum Gasteiger partial charge on any atom is 0.168 e. The number of nitrogens with one attached hydrogen (secondary N) is 1. The van der Waals surface area contributed by atoms with Gasteiger partial charge in [0.2, 0.25) is 0 Å². The summed E-state index contributed by atoms with van der Waals surface area (Å²) in [5.74, 6) is 0. The highest BCUT2D eigenvalue weighted by atomic mass is 32.1. The number of nitrogens with two attached hydrogens (primary N) is 1. The average Bonchev–Trinajstić information content (AvgIpc) is 2.31. The number of hydrogen-bond acceptors (Lipinski definition) is 1. The van der Waals surface area contributed by atoms with Gasteiger partial charge in [0.25, 0.3) is 0 Å². The van der Waals surface area contributed by atoms with Gasteiger partial charge in [-0.25, -0.2) is 0 Å². The van der Waals surface area contributed by atoms with Crippen LogP contribution in [0.4, 0.5) is 5.69 Å². The van der Waals surface area contributed by atoms with Gasteiger partial charge in [-0.1, -0.05) is 24.3 Å². The van der Waals surface area contributed by atoms with Crippen LogP contribution in [-0.4, -0.2) is 5.11 Å². The Morgan fingerprint density at radius 2 is 1.59 bits per heavy atom. The summed E-state index contributed by atoms with van der Waals surface area (Å²) in [5.41, 5.74) is 10.4. The van der Waals surface area contributed by atoms with Gasteiger partial charge in [-0.2, -0.15) is 0 Å². The molecule has 0 saturated heterocycles. The number of hydrogen-bond donors (Lipinski definition) is 2. The van der Waals surface area contributed by atoms with Crippen molar-refractivity contribution in [2.45, 2.75) is 20.8 Å². The maximum absolute atomic E-state index is 5.59. The van der Waals surface area contributed by atoms with E-state index in [0.717, 1.165) is 5.69 Å². The first-order valence-corrected chi connectivity index (χ1v) is 5.98. The van der Waals surface area contributed by atoms with Crippen molar-refractivity contribution in [3.8, 4) is 0 Å². The summed E-state index contributed by atoms with van der Waals surface area (Å²) in [6.45, 7) is 6.37. The van der Waals surface area contributed by atoms with E-state index in [-0.39, 0.29) is 0 Å². The molecule has 0 amide bonds. The molecule has 2 rings (SSSR count). The minimum atomic E-state index is 0.307. The second-order valence-corrected chi connectivity index (χ2v) is 4.72. The summed E-state index contributed by atoms with van der Waals surface area (Å²) in [5, 5.41) is 5.81. The van der Waals surface area contributed by atoms with Crippen molar-refractivity contribution >= 4 is 33.8 Å². The lowest BCUT2D eigenvalue weighted by molar-refractivity contribution is 1.30. The molecule has 17 heavy (non-hydrogen) atoms. The summed E-state index contributed by atoms with van der Waals surface area (Å²) in [7, 11) is 0. The molecule has 2 nitrogen and oxygen atoms in total. The second kappa shape index (κ2) is 4.34. The van der Waals surface area contributed by atoms with Gasteiger partial charge >= 0.3 is 0 Å². The fraction of sp³-hybridized carbons (Fsp3) is 0.214. The Hall–Kier alpha value is -1.61. The highest BCUT2D eigenvalue weighted by molar-refractivity contribution is 7.80. The number of anilines is 1. The predicted molar refractivity (Wildman–Crippen MR) is 78.6 cm³/mol. The third kappa shape index (κ3) is 1.98. The molecule has 0 aliphatic rings. The molecule has 0 fully saturated rings. The zero-order chi connectivity index (χ0) is 12.6. The van der Waals surface area contributed by atoms with Gasteiger partial charge in [0, 0.05) is 5.39 Å². The van der Waals surface area contributed by atoms with Gasteiger partial charge in [0.05, 0.1) is 5.69 Å². The Labute approximate surface area is 107 Å². The molecule has 0 aliphatic heterocycles. The summed E-state index contributed by atoms with van der Waals surface area (Å²) in [6.07, 6.45) is 0. The van der Waals surface area contributed by atoms with Gasteiger partial charge < -0.3 is 11.1 Å². The normalized spacial score (nSPS) is 10.5. The Morgan fingerprint density at radius 1 is 1.00 bits per heavy atom. The van der Waals surface area contributed by atoms with E-state index < -0.39 is 0 Å². The SMILES string of the molecule is Cc1c(C)c(NC(N)=S)c2ccccc2c1C. The summed E-state index contributed by atoms with van der Waals surface area (Å²) in [6, 6.07) is 8.30. The summed E-state index contributed by atoms with van der Waals surface area (Å²) >= 11 is 4.94. The Kier molecular flexibility index (Phi) is 3.03. The van der Waals surface area contributed by atoms with Gasteiger partial charge in [0.1, 0.15) is 0 Å². The minimum absolute atomic E-state index is 0.307. The molecule has 0 heterocycles. The topological polar surface area (TPSA) is 38.0 Å². The molecule has 0 unspecified atom stereocenters. The van der Waals surface area contributed by atoms with Crippen molar-refractivity contribution in [3.05, 3.63) is 41.0 Å². The number of thiocarbonyl (C=S) groups is 1. The molecular formula is C14H16N2S. The molecule has 3 N–H and O–H groups in total. The van der Waals surface area contributed by atoms with Crippen molar-refractivity contribution < 1.29 is 0 Å². The van der Waals surface area contributed by atoms with E-state index in [1.165, 1.54) is 27.5 Å². The van der Waals surface area contributed by atoms with E-state index in [4.69, 9.17) is 18.0 Å². The summed E-state index contributed by atoms with van der Waals surface area (Å²) < 4.78 is 0. The minimum Gasteiger partial charge on any atom is -0.376 e. The molecular weight excluding hydrogens is 228 g/mol. The Bertz CT molecular complexity index is 603. The third-order valence-electron chi connectivity index (χ3n) is 3.35. The molecule has 3 heteroatoms. The van der Waals surface area contributed by atoms with Gasteiger partial charge in [-0.05, 0) is 55.1 Å². The molecule has 0 saturated carbocycles. The standard InChI is InChI=1S/C14H16N2S/c1-8-9(2)11-6-4-5-7-12(11)13(10(8)3)16-14(15)17/h4-7H,1-3H3,(H3,15,16,17). The van der Waals surface area contributed by atoms with E-state index >= 15 is 0 Å². The van der Waals surface area contributed by atoms with Crippen molar-refractivity contribution in [1.82, 2.24) is 0 Å². The van der Waals surface area contributed by atoms with E-state index in [2.05, 4.69) is 44.3 Å². The lowest BCUT2D eigenvalue weighted by Gasteiger charge is -2.17. The molecule has 88 valence electrons. The van der Waals surface area contributed by atoms with Crippen molar-refractivity contribution in [1.29, 1.82) is 0 Å². The molecule has 0 aliphatic carbocycles. The highest BCUT2D eigenvalue weighted by Gasteiger charge is 2.11. The van der Waals surface area contributed by atoms with E-state index in [1.54, 1.807) is 0 Å². The van der Waals surface area contributed by atoms with Crippen LogP contribution < -0.4 is 11.1 Å². The van der Waals surface area contributed by atoms with Crippen LogP contribution in [0.5, 0.6) is 0 Å². The maximum atomic E-state index is 5.59. The molecule has 0 aromatic heterocycles. The second-order valence-electron chi connectivity index (χ2n) is 4.28. The van der Waals surface area contributed by atoms with Crippen molar-refractivity contribution in [2.24, 2.45) is 5.73 Å². The van der Waals surface area contributed by atoms with Crippen LogP contribution in [0.25, 0.3) is 10.8 Å². The molecule has 0 bridgehead atoms. The molecule has 0 spiro atoms. The van der Waals surface area contributed by atoms with Crippen molar-refractivity contribution in [2.75, 3.05) is 5.32 Å². The zero-order valence-corrected chi connectivity index (χ0v) is 11.1. The van der Waals surface area contributed by atoms with Crippen molar-refractivity contribution in [3.63, 3.8) is 0 Å². The van der Waals surface area contributed by atoms with Crippen LogP contribution in [0.3, 0.4) is 0 Å². The fourth-order valence-electron chi connectivity index (χ4n) is 2.19. The van der Waals surface area contributed by atoms with Crippen LogP contribution in [0.1, 0.15) is 16.7 Å². The smallest absolute Gasteiger partial charge is 0.168 e. The molecule has 0 atom stereocenters. The highest BCUT2D eigenvalue weighted by Crippen LogP contribution is 2.33.